The van der Waals surface area contributed by atoms with Crippen LogP contribution in [0.15, 0.2) is 36.4 Å². The first-order valence-corrected chi connectivity index (χ1v) is 10.2. The Bertz CT molecular complexity index is 1210. The Hall–Kier alpha value is -3.01. The van der Waals surface area contributed by atoms with Crippen molar-refractivity contribution in [3.8, 4) is 17.6 Å². The van der Waals surface area contributed by atoms with Crippen LogP contribution in [0.1, 0.15) is 52.6 Å². The molecule has 1 heterocycles. The maximum absolute atomic E-state index is 15.4. The number of nitrogens with two attached hydrogens (primary N) is 1. The van der Waals surface area contributed by atoms with E-state index in [1.165, 1.54) is 30.3 Å². The summed E-state index contributed by atoms with van der Waals surface area (Å²) in [6, 6.07) is 11.3. The monoisotopic (exact) mass is 459 g/mol. The van der Waals surface area contributed by atoms with Gasteiger partial charge in [0, 0.05) is 16.3 Å². The lowest BCUT2D eigenvalue weighted by molar-refractivity contribution is 0.0991. The second-order valence-corrected chi connectivity index (χ2v) is 8.29. The standard InChI is InChI=1S/C23H20Cl2FN3O2/c1-12(2)19-6-13(3)21(23(28)30)29(19)11-15-4-5-18(25)22(20(15)26)31-17-8-14(10-27)7-16(24)9-17/h4-9,12H,11H2,1-3H3,(H2,28,30). The lowest BCUT2D eigenvalue weighted by Crippen LogP contribution is -2.20. The zero-order chi connectivity index (χ0) is 22.9. The van der Waals surface area contributed by atoms with Gasteiger partial charge in [0.05, 0.1) is 23.2 Å². The highest BCUT2D eigenvalue weighted by Gasteiger charge is 2.22. The number of rotatable bonds is 6. The molecule has 31 heavy (non-hydrogen) atoms. The van der Waals surface area contributed by atoms with Crippen molar-refractivity contribution in [1.29, 1.82) is 5.26 Å². The van der Waals surface area contributed by atoms with Crippen molar-refractivity contribution in [2.75, 3.05) is 0 Å². The first-order valence-electron chi connectivity index (χ1n) is 9.47. The quantitative estimate of drug-likeness (QED) is 0.477. The van der Waals surface area contributed by atoms with Gasteiger partial charge in [-0.15, -0.1) is 0 Å². The molecule has 8 heteroatoms. The highest BCUT2D eigenvalue weighted by atomic mass is 35.5. The summed E-state index contributed by atoms with van der Waals surface area (Å²) in [5.41, 5.74) is 8.03. The third-order valence-corrected chi connectivity index (χ3v) is 5.34. The molecule has 3 aromatic rings. The van der Waals surface area contributed by atoms with Crippen molar-refractivity contribution in [1.82, 2.24) is 4.57 Å². The minimum Gasteiger partial charge on any atom is -0.453 e. The molecule has 0 fully saturated rings. The Morgan fingerprint density at radius 1 is 1.26 bits per heavy atom. The van der Waals surface area contributed by atoms with E-state index in [0.717, 1.165) is 11.3 Å². The summed E-state index contributed by atoms with van der Waals surface area (Å²) in [6.45, 7) is 5.82. The van der Waals surface area contributed by atoms with Crippen molar-refractivity contribution in [2.24, 2.45) is 5.73 Å². The van der Waals surface area contributed by atoms with Gasteiger partial charge in [-0.1, -0.05) is 43.1 Å². The molecule has 3 rings (SSSR count). The number of nitriles is 1. The number of amides is 1. The third-order valence-electron chi connectivity index (χ3n) is 4.82. The molecule has 1 amide bonds. The number of ether oxygens (including phenoxy) is 1. The Kier molecular flexibility index (Phi) is 6.59. The summed E-state index contributed by atoms with van der Waals surface area (Å²) in [4.78, 5) is 12.0. The van der Waals surface area contributed by atoms with Gasteiger partial charge in [0.2, 0.25) is 0 Å². The summed E-state index contributed by atoms with van der Waals surface area (Å²) < 4.78 is 22.8. The Morgan fingerprint density at radius 3 is 2.58 bits per heavy atom. The largest absolute Gasteiger partial charge is 0.453 e. The molecule has 0 radical (unpaired) electrons. The highest BCUT2D eigenvalue weighted by molar-refractivity contribution is 6.32. The molecule has 0 aliphatic heterocycles. The summed E-state index contributed by atoms with van der Waals surface area (Å²) in [5, 5.41) is 9.44. The van der Waals surface area contributed by atoms with Crippen LogP contribution in [0.3, 0.4) is 0 Å². The van der Waals surface area contributed by atoms with Crippen LogP contribution >= 0.6 is 23.2 Å². The number of nitrogens with zero attached hydrogens (tertiary/aromatic N) is 2. The number of halogens is 3. The van der Waals surface area contributed by atoms with Gasteiger partial charge in [0.25, 0.3) is 5.91 Å². The summed E-state index contributed by atoms with van der Waals surface area (Å²) in [7, 11) is 0. The molecule has 5 nitrogen and oxygen atoms in total. The second-order valence-electron chi connectivity index (χ2n) is 7.45. The minimum atomic E-state index is -0.678. The molecule has 160 valence electrons. The van der Waals surface area contributed by atoms with Crippen LogP contribution in [0, 0.1) is 24.1 Å². The molecule has 2 N–H and O–H groups in total. The van der Waals surface area contributed by atoms with E-state index >= 15 is 4.39 Å². The van der Waals surface area contributed by atoms with Crippen LogP contribution in [-0.4, -0.2) is 10.5 Å². The van der Waals surface area contributed by atoms with Crippen LogP contribution in [0.5, 0.6) is 11.5 Å². The summed E-state index contributed by atoms with van der Waals surface area (Å²) in [6.07, 6.45) is 0. The summed E-state index contributed by atoms with van der Waals surface area (Å²) in [5.74, 6) is -1.19. The van der Waals surface area contributed by atoms with Crippen LogP contribution in [0.4, 0.5) is 4.39 Å². The SMILES string of the molecule is Cc1cc(C(C)C)n(Cc2ccc(Cl)c(Oc3cc(Cl)cc(C#N)c3)c2F)c1C(N)=O. The number of benzene rings is 2. The van der Waals surface area contributed by atoms with Crippen molar-refractivity contribution in [2.45, 2.75) is 33.2 Å². The number of hydrogen-bond acceptors (Lipinski definition) is 3. The lowest BCUT2D eigenvalue weighted by atomic mass is 10.1. The van der Waals surface area contributed by atoms with E-state index in [1.54, 1.807) is 11.5 Å². The highest BCUT2D eigenvalue weighted by Crippen LogP contribution is 2.36. The molecule has 0 spiro atoms. The molecule has 0 atom stereocenters. The number of hydrogen-bond donors (Lipinski definition) is 1. The Balaban J connectivity index is 2.06. The molecular formula is C23H20Cl2FN3O2. The average Bonchev–Trinajstić information content (AvgIpc) is 3.03. The van der Waals surface area contributed by atoms with Gasteiger partial charge in [0.1, 0.15) is 11.4 Å². The lowest BCUT2D eigenvalue weighted by Gasteiger charge is -2.17. The molecule has 0 aliphatic rings. The number of carbonyl (C=O) groups is 1. The van der Waals surface area contributed by atoms with Gasteiger partial charge in [-0.3, -0.25) is 4.79 Å². The van der Waals surface area contributed by atoms with Crippen LogP contribution in [0.25, 0.3) is 0 Å². The smallest absolute Gasteiger partial charge is 0.265 e. The molecule has 0 saturated carbocycles. The molecule has 0 bridgehead atoms. The average molecular weight is 460 g/mol. The number of primary amides is 1. The van der Waals surface area contributed by atoms with E-state index in [9.17, 15) is 4.79 Å². The molecular weight excluding hydrogens is 440 g/mol. The fraction of sp³-hybridized carbons (Fsp3) is 0.217. The van der Waals surface area contributed by atoms with E-state index in [4.69, 9.17) is 38.9 Å². The first-order chi connectivity index (χ1) is 14.6. The molecule has 2 aromatic carbocycles. The predicted molar refractivity (Wildman–Crippen MR) is 119 cm³/mol. The van der Waals surface area contributed by atoms with Gasteiger partial charge < -0.3 is 15.0 Å². The fourth-order valence-corrected chi connectivity index (χ4v) is 3.86. The first kappa shape index (κ1) is 22.7. The molecule has 0 saturated heterocycles. The molecule has 0 aliphatic carbocycles. The van der Waals surface area contributed by atoms with Crippen molar-refractivity contribution in [3.63, 3.8) is 0 Å². The van der Waals surface area contributed by atoms with E-state index in [1.807, 2.05) is 26.0 Å². The normalized spacial score (nSPS) is 10.9. The van der Waals surface area contributed by atoms with Crippen molar-refractivity contribution >= 4 is 29.1 Å². The van der Waals surface area contributed by atoms with Gasteiger partial charge >= 0.3 is 0 Å². The second kappa shape index (κ2) is 9.01. The minimum absolute atomic E-state index is 0.0580. The van der Waals surface area contributed by atoms with Crippen LogP contribution < -0.4 is 10.5 Å². The fourth-order valence-electron chi connectivity index (χ4n) is 3.45. The number of aromatic nitrogens is 1. The van der Waals surface area contributed by atoms with Gasteiger partial charge in [-0.05, 0) is 48.7 Å². The van der Waals surface area contributed by atoms with Gasteiger partial charge in [0.15, 0.2) is 11.6 Å². The maximum atomic E-state index is 15.4. The Labute approximate surface area is 189 Å². The van der Waals surface area contributed by atoms with Crippen LogP contribution in [-0.2, 0) is 6.54 Å². The molecule has 1 aromatic heterocycles. The number of carbonyl (C=O) groups excluding carboxylic acids is 1. The topological polar surface area (TPSA) is 81.0 Å². The Morgan fingerprint density at radius 2 is 1.97 bits per heavy atom. The third kappa shape index (κ3) is 4.68. The zero-order valence-corrected chi connectivity index (χ0v) is 18.7. The summed E-state index contributed by atoms with van der Waals surface area (Å²) >= 11 is 12.2. The van der Waals surface area contributed by atoms with E-state index in [-0.39, 0.29) is 45.1 Å². The molecule has 0 unspecified atom stereocenters. The maximum Gasteiger partial charge on any atom is 0.265 e. The van der Waals surface area contributed by atoms with Crippen molar-refractivity contribution in [3.05, 3.63) is 80.3 Å². The van der Waals surface area contributed by atoms with Gasteiger partial charge in [-0.2, -0.15) is 5.26 Å². The predicted octanol–water partition coefficient (Wildman–Crippen LogP) is 6.18. The van der Waals surface area contributed by atoms with E-state index < -0.39 is 11.7 Å². The van der Waals surface area contributed by atoms with E-state index in [2.05, 4.69) is 0 Å². The van der Waals surface area contributed by atoms with Crippen molar-refractivity contribution < 1.29 is 13.9 Å². The van der Waals surface area contributed by atoms with E-state index in [0.29, 0.717) is 5.69 Å². The van der Waals surface area contributed by atoms with Gasteiger partial charge in [-0.25, -0.2) is 4.39 Å². The van der Waals surface area contributed by atoms with Crippen LogP contribution in [0.2, 0.25) is 10.0 Å². The zero-order valence-electron chi connectivity index (χ0n) is 17.2. The number of aryl methyl sites for hydroxylation is 1.